The summed E-state index contributed by atoms with van der Waals surface area (Å²) < 4.78 is 28.8. The van der Waals surface area contributed by atoms with Gasteiger partial charge in [0.1, 0.15) is 17.8 Å². The number of amides is 4. The molecule has 0 saturated carbocycles. The smallest absolute Gasteiger partial charge is 0.387 e. The predicted octanol–water partition coefficient (Wildman–Crippen LogP) is 2.31. The Balaban J connectivity index is 2.12. The minimum atomic E-state index is -2.95. The Kier molecular flexibility index (Phi) is 6.35. The summed E-state index contributed by atoms with van der Waals surface area (Å²) in [6.07, 6.45) is 1.75. The van der Waals surface area contributed by atoms with Gasteiger partial charge < -0.3 is 15.0 Å². The van der Waals surface area contributed by atoms with E-state index in [1.807, 2.05) is 6.92 Å². The van der Waals surface area contributed by atoms with Crippen molar-refractivity contribution in [1.82, 2.24) is 15.1 Å². The minimum absolute atomic E-state index is 0.0568. The summed E-state index contributed by atoms with van der Waals surface area (Å²) in [6.45, 7) is 0.736. The van der Waals surface area contributed by atoms with Crippen LogP contribution in [0.15, 0.2) is 24.3 Å². The Hall–Kier alpha value is -2.71. The van der Waals surface area contributed by atoms with Crippen molar-refractivity contribution in [2.45, 2.75) is 38.8 Å². The molecular weight excluding hydrogens is 360 g/mol. The summed E-state index contributed by atoms with van der Waals surface area (Å²) in [7, 11) is 1.62. The van der Waals surface area contributed by atoms with Crippen LogP contribution >= 0.6 is 0 Å². The van der Waals surface area contributed by atoms with E-state index < -0.39 is 24.1 Å². The van der Waals surface area contributed by atoms with Crippen molar-refractivity contribution in [3.05, 3.63) is 29.8 Å². The van der Waals surface area contributed by atoms with E-state index in [9.17, 15) is 23.2 Å². The molecule has 9 heteroatoms. The standard InChI is InChI=1S/C18H23F2N3O4/c1-4-5-10-22(3)14(24)11-23-15(25)18(2,21-17(23)26)12-6-8-13(9-7-12)27-16(19)20/h6-9,16H,4-5,10-11H2,1-3H3,(H,21,26)/t18-/m1/s1. The van der Waals surface area contributed by atoms with E-state index in [-0.39, 0.29) is 18.2 Å². The van der Waals surface area contributed by atoms with Crippen LogP contribution in [-0.2, 0) is 15.1 Å². The Morgan fingerprint density at radius 2 is 1.93 bits per heavy atom. The molecule has 0 aliphatic carbocycles. The highest BCUT2D eigenvalue weighted by Gasteiger charge is 2.49. The van der Waals surface area contributed by atoms with Gasteiger partial charge in [-0.25, -0.2) is 4.79 Å². The number of likely N-dealkylation sites (N-methyl/N-ethyl adjacent to an activating group) is 1. The van der Waals surface area contributed by atoms with Gasteiger partial charge in [-0.3, -0.25) is 14.5 Å². The third kappa shape index (κ3) is 4.53. The largest absolute Gasteiger partial charge is 0.435 e. The first kappa shape index (κ1) is 20.6. The van der Waals surface area contributed by atoms with E-state index in [1.165, 1.54) is 36.1 Å². The number of urea groups is 1. The normalized spacial score (nSPS) is 19.4. The van der Waals surface area contributed by atoms with Crippen molar-refractivity contribution in [2.24, 2.45) is 0 Å². The number of nitrogens with one attached hydrogen (secondary N) is 1. The molecule has 0 aromatic heterocycles. The zero-order valence-electron chi connectivity index (χ0n) is 15.5. The van der Waals surface area contributed by atoms with Crippen LogP contribution < -0.4 is 10.1 Å². The molecule has 0 spiro atoms. The van der Waals surface area contributed by atoms with Crippen molar-refractivity contribution >= 4 is 17.8 Å². The van der Waals surface area contributed by atoms with Gasteiger partial charge in [-0.1, -0.05) is 25.5 Å². The lowest BCUT2D eigenvalue weighted by Gasteiger charge is -2.23. The number of halogens is 2. The SMILES string of the molecule is CCCCN(C)C(=O)CN1C(=O)N[C@](C)(c2ccc(OC(F)F)cc2)C1=O. The van der Waals surface area contributed by atoms with Crippen LogP contribution in [0.5, 0.6) is 5.75 Å². The third-order valence-electron chi connectivity index (χ3n) is 4.50. The zero-order chi connectivity index (χ0) is 20.2. The number of hydrogen-bond donors (Lipinski definition) is 1. The lowest BCUT2D eigenvalue weighted by molar-refractivity contribution is -0.138. The number of hydrogen-bond acceptors (Lipinski definition) is 4. The van der Waals surface area contributed by atoms with E-state index in [4.69, 9.17) is 0 Å². The fraction of sp³-hybridized carbons (Fsp3) is 0.500. The highest BCUT2D eigenvalue weighted by molar-refractivity contribution is 6.09. The maximum absolute atomic E-state index is 12.8. The molecule has 27 heavy (non-hydrogen) atoms. The van der Waals surface area contributed by atoms with Crippen LogP contribution in [0.2, 0.25) is 0 Å². The second-order valence-electron chi connectivity index (χ2n) is 6.52. The Morgan fingerprint density at radius 1 is 1.30 bits per heavy atom. The predicted molar refractivity (Wildman–Crippen MR) is 93.2 cm³/mol. The van der Waals surface area contributed by atoms with Gasteiger partial charge in [0.2, 0.25) is 5.91 Å². The number of benzene rings is 1. The lowest BCUT2D eigenvalue weighted by Crippen LogP contribution is -2.43. The topological polar surface area (TPSA) is 79.0 Å². The van der Waals surface area contributed by atoms with Crippen molar-refractivity contribution in [1.29, 1.82) is 0 Å². The fourth-order valence-electron chi connectivity index (χ4n) is 2.78. The molecule has 1 N–H and O–H groups in total. The molecule has 1 atom stereocenters. The van der Waals surface area contributed by atoms with Gasteiger partial charge in [-0.2, -0.15) is 8.78 Å². The molecule has 7 nitrogen and oxygen atoms in total. The summed E-state index contributed by atoms with van der Waals surface area (Å²) in [4.78, 5) is 39.7. The molecule has 1 heterocycles. The summed E-state index contributed by atoms with van der Waals surface area (Å²) >= 11 is 0. The summed E-state index contributed by atoms with van der Waals surface area (Å²) in [6, 6.07) is 4.76. The van der Waals surface area contributed by atoms with Gasteiger partial charge in [0.15, 0.2) is 0 Å². The highest BCUT2D eigenvalue weighted by Crippen LogP contribution is 2.30. The van der Waals surface area contributed by atoms with Crippen molar-refractivity contribution < 1.29 is 27.9 Å². The molecular formula is C18H23F2N3O4. The van der Waals surface area contributed by atoms with E-state index in [0.29, 0.717) is 12.1 Å². The summed E-state index contributed by atoms with van der Waals surface area (Å²) in [5, 5.41) is 2.57. The molecule has 1 saturated heterocycles. The minimum Gasteiger partial charge on any atom is -0.435 e. The second-order valence-corrected chi connectivity index (χ2v) is 6.52. The van der Waals surface area contributed by atoms with Crippen LogP contribution in [0.3, 0.4) is 0 Å². The molecule has 2 rings (SSSR count). The molecule has 0 bridgehead atoms. The number of rotatable bonds is 8. The second kappa shape index (κ2) is 8.32. The lowest BCUT2D eigenvalue weighted by atomic mass is 9.92. The van der Waals surface area contributed by atoms with E-state index >= 15 is 0 Å². The molecule has 0 unspecified atom stereocenters. The first-order valence-electron chi connectivity index (χ1n) is 8.62. The number of nitrogens with zero attached hydrogens (tertiary/aromatic N) is 2. The summed E-state index contributed by atoms with van der Waals surface area (Å²) in [5.41, 5.74) is -0.986. The third-order valence-corrected chi connectivity index (χ3v) is 4.50. The first-order chi connectivity index (χ1) is 12.7. The molecule has 1 aromatic rings. The molecule has 148 valence electrons. The van der Waals surface area contributed by atoms with Gasteiger partial charge in [-0.15, -0.1) is 0 Å². The van der Waals surface area contributed by atoms with Gasteiger partial charge in [0, 0.05) is 13.6 Å². The zero-order valence-corrected chi connectivity index (χ0v) is 15.5. The Bertz CT molecular complexity index is 711. The molecule has 1 aliphatic rings. The van der Waals surface area contributed by atoms with E-state index in [1.54, 1.807) is 7.05 Å². The Morgan fingerprint density at radius 3 is 2.48 bits per heavy atom. The van der Waals surface area contributed by atoms with Gasteiger partial charge in [0.05, 0.1) is 0 Å². The quantitative estimate of drug-likeness (QED) is 0.699. The van der Waals surface area contributed by atoms with Gasteiger partial charge in [-0.05, 0) is 31.0 Å². The number of ether oxygens (including phenoxy) is 1. The van der Waals surface area contributed by atoms with E-state index in [2.05, 4.69) is 10.1 Å². The van der Waals surface area contributed by atoms with Crippen LogP contribution in [0.1, 0.15) is 32.3 Å². The number of alkyl halides is 2. The Labute approximate surface area is 156 Å². The van der Waals surface area contributed by atoms with Crippen LogP contribution in [0.25, 0.3) is 0 Å². The highest BCUT2D eigenvalue weighted by atomic mass is 19.3. The van der Waals surface area contributed by atoms with E-state index in [0.717, 1.165) is 17.7 Å². The molecule has 4 amide bonds. The maximum atomic E-state index is 12.8. The summed E-state index contributed by atoms with van der Waals surface area (Å²) in [5.74, 6) is -0.970. The molecule has 1 aliphatic heterocycles. The molecule has 0 radical (unpaired) electrons. The number of unbranched alkanes of at least 4 members (excludes halogenated alkanes) is 1. The molecule has 1 aromatic carbocycles. The van der Waals surface area contributed by atoms with Crippen LogP contribution in [0, 0.1) is 0 Å². The van der Waals surface area contributed by atoms with Crippen molar-refractivity contribution in [3.8, 4) is 5.75 Å². The van der Waals surface area contributed by atoms with Gasteiger partial charge >= 0.3 is 12.6 Å². The van der Waals surface area contributed by atoms with Crippen molar-refractivity contribution in [3.63, 3.8) is 0 Å². The van der Waals surface area contributed by atoms with Crippen molar-refractivity contribution in [2.75, 3.05) is 20.1 Å². The first-order valence-corrected chi connectivity index (χ1v) is 8.62. The van der Waals surface area contributed by atoms with Gasteiger partial charge in [0.25, 0.3) is 5.91 Å². The monoisotopic (exact) mass is 383 g/mol. The number of carbonyl (C=O) groups excluding carboxylic acids is 3. The number of carbonyl (C=O) groups is 3. The number of imide groups is 1. The average Bonchev–Trinajstić information content (AvgIpc) is 2.83. The molecule has 1 fully saturated rings. The maximum Gasteiger partial charge on any atom is 0.387 e. The van der Waals surface area contributed by atoms with Crippen LogP contribution in [-0.4, -0.2) is 54.4 Å². The average molecular weight is 383 g/mol. The van der Waals surface area contributed by atoms with Crippen LogP contribution in [0.4, 0.5) is 13.6 Å². The fourth-order valence-corrected chi connectivity index (χ4v) is 2.78.